The second kappa shape index (κ2) is 8.34. The van der Waals surface area contributed by atoms with Crippen LogP contribution in [0.1, 0.15) is 43.2 Å². The normalized spacial score (nSPS) is 13.0. The van der Waals surface area contributed by atoms with E-state index in [9.17, 15) is 4.79 Å². The third kappa shape index (κ3) is 4.73. The summed E-state index contributed by atoms with van der Waals surface area (Å²) < 4.78 is 16.4. The second-order valence-electron chi connectivity index (χ2n) is 7.62. The van der Waals surface area contributed by atoms with Gasteiger partial charge in [-0.2, -0.15) is 9.97 Å². The highest BCUT2D eigenvalue weighted by molar-refractivity contribution is 7.98. The lowest BCUT2D eigenvalue weighted by molar-refractivity contribution is -0.159. The van der Waals surface area contributed by atoms with Crippen LogP contribution in [0.5, 0.6) is 11.8 Å². The third-order valence-electron chi connectivity index (χ3n) is 4.35. The maximum atomic E-state index is 11.9. The molecule has 3 rings (SSSR count). The molecule has 0 atom stereocenters. The van der Waals surface area contributed by atoms with Crippen molar-refractivity contribution in [1.82, 2.24) is 15.0 Å². The fourth-order valence-corrected chi connectivity index (χ4v) is 3.63. The third-order valence-corrected chi connectivity index (χ3v) is 5.22. The predicted octanol–water partition coefficient (Wildman–Crippen LogP) is 3.64. The number of aryl methyl sites for hydroxylation is 2. The first kappa shape index (κ1) is 20.4. The van der Waals surface area contributed by atoms with Crippen LogP contribution < -0.4 is 9.47 Å². The number of carbonyl (C=O) groups is 1. The molecular weight excluding hydrogens is 378 g/mol. The molecule has 0 N–H and O–H groups in total. The van der Waals surface area contributed by atoms with E-state index in [1.807, 2.05) is 19.2 Å². The number of ether oxygens (including phenoxy) is 3. The molecule has 2 aromatic rings. The molecule has 7 nitrogen and oxygen atoms in total. The molecular formula is C20H25N3O4S. The van der Waals surface area contributed by atoms with E-state index in [4.69, 9.17) is 14.2 Å². The zero-order valence-electron chi connectivity index (χ0n) is 16.9. The molecule has 0 bridgehead atoms. The van der Waals surface area contributed by atoms with Crippen molar-refractivity contribution in [3.8, 4) is 11.8 Å². The van der Waals surface area contributed by atoms with Gasteiger partial charge in [-0.1, -0.05) is 11.8 Å². The van der Waals surface area contributed by atoms with E-state index in [0.717, 1.165) is 11.3 Å². The van der Waals surface area contributed by atoms with Crippen molar-refractivity contribution in [1.29, 1.82) is 0 Å². The van der Waals surface area contributed by atoms with Gasteiger partial charge >= 0.3 is 5.97 Å². The van der Waals surface area contributed by atoms with Gasteiger partial charge in [-0.15, -0.1) is 0 Å². The summed E-state index contributed by atoms with van der Waals surface area (Å²) in [6.07, 6.45) is 2.48. The lowest BCUT2D eigenvalue weighted by Gasteiger charge is -2.17. The SMILES string of the molecule is Cc1ccnc(C)c1CSc1nc2c(c(OCOC(=O)C(C)(C)C)n1)CCO2. The Bertz CT molecular complexity index is 860. The first-order valence-corrected chi connectivity index (χ1v) is 10.1. The predicted molar refractivity (Wildman–Crippen MR) is 106 cm³/mol. The van der Waals surface area contributed by atoms with Crippen LogP contribution in [0.4, 0.5) is 0 Å². The minimum Gasteiger partial charge on any atom is -0.477 e. The standard InChI is InChI=1S/C20H25N3O4S/c1-12-6-8-21-13(2)15(12)10-28-19-22-16-14(7-9-25-16)17(23-19)26-11-27-18(24)20(3,4)5/h6,8H,7,9-11H2,1-5H3. The molecule has 0 fully saturated rings. The summed E-state index contributed by atoms with van der Waals surface area (Å²) in [5, 5.41) is 0.556. The Morgan fingerprint density at radius 3 is 2.79 bits per heavy atom. The second-order valence-corrected chi connectivity index (χ2v) is 8.56. The number of fused-ring (bicyclic) bond motifs is 1. The quantitative estimate of drug-likeness (QED) is 0.313. The molecule has 0 aromatic carbocycles. The van der Waals surface area contributed by atoms with Gasteiger partial charge in [0.1, 0.15) is 0 Å². The van der Waals surface area contributed by atoms with Crippen molar-refractivity contribution in [2.24, 2.45) is 5.41 Å². The van der Waals surface area contributed by atoms with E-state index < -0.39 is 5.41 Å². The van der Waals surface area contributed by atoms with Crippen molar-refractivity contribution in [2.45, 2.75) is 51.9 Å². The van der Waals surface area contributed by atoms with Gasteiger partial charge in [0, 0.05) is 24.1 Å². The lowest BCUT2D eigenvalue weighted by atomic mass is 9.98. The Morgan fingerprint density at radius 2 is 2.07 bits per heavy atom. The molecule has 0 aliphatic carbocycles. The summed E-state index contributed by atoms with van der Waals surface area (Å²) in [6, 6.07) is 1.99. The number of esters is 1. The van der Waals surface area contributed by atoms with E-state index in [1.165, 1.54) is 22.9 Å². The van der Waals surface area contributed by atoms with Crippen LogP contribution in [0.3, 0.4) is 0 Å². The van der Waals surface area contributed by atoms with Crippen LogP contribution in [0.2, 0.25) is 0 Å². The fraction of sp³-hybridized carbons (Fsp3) is 0.500. The van der Waals surface area contributed by atoms with E-state index >= 15 is 0 Å². The lowest BCUT2D eigenvalue weighted by Crippen LogP contribution is -2.24. The highest BCUT2D eigenvalue weighted by atomic mass is 32.2. The molecule has 0 radical (unpaired) electrons. The van der Waals surface area contributed by atoms with Crippen molar-refractivity contribution >= 4 is 17.7 Å². The molecule has 0 spiro atoms. The monoisotopic (exact) mass is 403 g/mol. The smallest absolute Gasteiger partial charge is 0.314 e. The molecule has 1 aliphatic heterocycles. The van der Waals surface area contributed by atoms with E-state index in [-0.39, 0.29) is 12.8 Å². The van der Waals surface area contributed by atoms with E-state index in [2.05, 4.69) is 21.9 Å². The van der Waals surface area contributed by atoms with Crippen molar-refractivity contribution < 1.29 is 19.0 Å². The average molecular weight is 404 g/mol. The van der Waals surface area contributed by atoms with Crippen molar-refractivity contribution in [3.05, 3.63) is 34.6 Å². The Hall–Kier alpha value is -2.35. The van der Waals surface area contributed by atoms with E-state index in [1.54, 1.807) is 20.8 Å². The summed E-state index contributed by atoms with van der Waals surface area (Å²) in [6.45, 7) is 9.79. The Balaban J connectivity index is 1.71. The molecule has 0 unspecified atom stereocenters. The van der Waals surface area contributed by atoms with Crippen LogP contribution in [-0.2, 0) is 21.7 Å². The molecule has 8 heteroatoms. The molecule has 0 amide bonds. The van der Waals surface area contributed by atoms with Gasteiger partial charge in [-0.3, -0.25) is 9.78 Å². The highest BCUT2D eigenvalue weighted by Gasteiger charge is 2.25. The first-order chi connectivity index (χ1) is 13.3. The molecule has 150 valence electrons. The maximum absolute atomic E-state index is 11.9. The Morgan fingerprint density at radius 1 is 1.29 bits per heavy atom. The van der Waals surface area contributed by atoms with Gasteiger partial charge < -0.3 is 14.2 Å². The Kier molecular flexibility index (Phi) is 6.07. The van der Waals surface area contributed by atoms with Crippen LogP contribution in [0.25, 0.3) is 0 Å². The van der Waals surface area contributed by atoms with Gasteiger partial charge in [-0.05, 0) is 51.8 Å². The average Bonchev–Trinajstić information content (AvgIpc) is 3.09. The number of nitrogens with zero attached hydrogens (tertiary/aromatic N) is 3. The number of thioether (sulfide) groups is 1. The minimum atomic E-state index is -0.583. The fourth-order valence-electron chi connectivity index (χ4n) is 2.63. The zero-order chi connectivity index (χ0) is 20.3. The summed E-state index contributed by atoms with van der Waals surface area (Å²) in [4.78, 5) is 25.3. The number of rotatable bonds is 6. The topological polar surface area (TPSA) is 83.4 Å². The molecule has 0 saturated carbocycles. The van der Waals surface area contributed by atoms with Crippen molar-refractivity contribution in [3.63, 3.8) is 0 Å². The number of hydrogen-bond acceptors (Lipinski definition) is 8. The summed E-state index contributed by atoms with van der Waals surface area (Å²) in [7, 11) is 0. The first-order valence-electron chi connectivity index (χ1n) is 9.13. The molecule has 1 aliphatic rings. The van der Waals surface area contributed by atoms with Crippen LogP contribution in [-0.4, -0.2) is 34.3 Å². The number of carbonyl (C=O) groups excluding carboxylic acids is 1. The van der Waals surface area contributed by atoms with E-state index in [0.29, 0.717) is 35.7 Å². The maximum Gasteiger partial charge on any atom is 0.314 e. The largest absolute Gasteiger partial charge is 0.477 e. The number of pyridine rings is 1. The molecule has 28 heavy (non-hydrogen) atoms. The molecule has 3 heterocycles. The van der Waals surface area contributed by atoms with Crippen LogP contribution in [0, 0.1) is 19.3 Å². The van der Waals surface area contributed by atoms with Crippen LogP contribution in [0.15, 0.2) is 17.4 Å². The van der Waals surface area contributed by atoms with Crippen LogP contribution >= 0.6 is 11.8 Å². The van der Waals surface area contributed by atoms with Gasteiger partial charge in [-0.25, -0.2) is 0 Å². The van der Waals surface area contributed by atoms with Gasteiger partial charge in [0.25, 0.3) is 0 Å². The Labute approximate surface area is 169 Å². The van der Waals surface area contributed by atoms with Crippen molar-refractivity contribution in [2.75, 3.05) is 13.4 Å². The highest BCUT2D eigenvalue weighted by Crippen LogP contribution is 2.34. The minimum absolute atomic E-state index is 0.190. The molecule has 0 saturated heterocycles. The van der Waals surface area contributed by atoms with Gasteiger partial charge in [0.05, 0.1) is 17.6 Å². The number of hydrogen-bond donors (Lipinski definition) is 0. The number of aromatic nitrogens is 3. The zero-order valence-corrected chi connectivity index (χ0v) is 17.7. The molecule has 2 aromatic heterocycles. The summed E-state index contributed by atoms with van der Waals surface area (Å²) in [5.41, 5.74) is 3.57. The van der Waals surface area contributed by atoms with Gasteiger partial charge in [0.2, 0.25) is 18.6 Å². The van der Waals surface area contributed by atoms with Gasteiger partial charge in [0.15, 0.2) is 5.16 Å². The summed E-state index contributed by atoms with van der Waals surface area (Å²) >= 11 is 1.50. The summed E-state index contributed by atoms with van der Waals surface area (Å²) in [5.74, 6) is 1.31.